The first-order valence-corrected chi connectivity index (χ1v) is 10.1. The van der Waals surface area contributed by atoms with Gasteiger partial charge >= 0.3 is 0 Å². The van der Waals surface area contributed by atoms with Gasteiger partial charge in [0.25, 0.3) is 0 Å². The molecule has 0 fully saturated rings. The fourth-order valence-electron chi connectivity index (χ4n) is 3.19. The average molecular weight is 427 g/mol. The number of hydrogen-bond donors (Lipinski definition) is 2. The summed E-state index contributed by atoms with van der Waals surface area (Å²) in [5, 5.41) is 16.6. The van der Waals surface area contributed by atoms with Crippen LogP contribution >= 0.6 is 0 Å². The van der Waals surface area contributed by atoms with Gasteiger partial charge in [0.05, 0.1) is 36.1 Å². The van der Waals surface area contributed by atoms with Crippen molar-refractivity contribution >= 4 is 5.91 Å². The Morgan fingerprint density at radius 2 is 1.90 bits per heavy atom. The molecule has 5 nitrogen and oxygen atoms in total. The van der Waals surface area contributed by atoms with Crippen LogP contribution in [0, 0.1) is 11.6 Å². The van der Waals surface area contributed by atoms with Gasteiger partial charge in [0.1, 0.15) is 11.6 Å². The van der Waals surface area contributed by atoms with Gasteiger partial charge in [-0.3, -0.25) is 4.79 Å². The molecule has 0 bridgehead atoms. The van der Waals surface area contributed by atoms with Crippen LogP contribution in [0.15, 0.2) is 48.5 Å². The van der Waals surface area contributed by atoms with Crippen LogP contribution in [0.2, 0.25) is 0 Å². The van der Waals surface area contributed by atoms with Gasteiger partial charge in [-0.1, -0.05) is 39.0 Å². The molecule has 0 saturated heterocycles. The Bertz CT molecular complexity index is 1090. The van der Waals surface area contributed by atoms with Gasteiger partial charge in [0, 0.05) is 11.0 Å². The minimum absolute atomic E-state index is 0.181. The van der Waals surface area contributed by atoms with Crippen LogP contribution in [0.5, 0.6) is 0 Å². The van der Waals surface area contributed by atoms with Crippen molar-refractivity contribution in [3.8, 4) is 5.69 Å². The van der Waals surface area contributed by atoms with Crippen molar-refractivity contribution in [3.63, 3.8) is 0 Å². The van der Waals surface area contributed by atoms with E-state index in [1.165, 1.54) is 24.3 Å². The van der Waals surface area contributed by atoms with Crippen molar-refractivity contribution in [2.24, 2.45) is 0 Å². The summed E-state index contributed by atoms with van der Waals surface area (Å²) in [5.41, 5.74) is 2.56. The number of nitrogens with zero attached hydrogens (tertiary/aromatic N) is 2. The van der Waals surface area contributed by atoms with E-state index in [1.54, 1.807) is 29.8 Å². The van der Waals surface area contributed by atoms with Gasteiger partial charge in [-0.05, 0) is 42.8 Å². The number of rotatable bonds is 6. The lowest BCUT2D eigenvalue weighted by atomic mass is 9.92. The molecule has 0 aliphatic carbocycles. The van der Waals surface area contributed by atoms with E-state index in [2.05, 4.69) is 10.4 Å². The van der Waals surface area contributed by atoms with Gasteiger partial charge < -0.3 is 10.4 Å². The Morgan fingerprint density at radius 1 is 1.16 bits per heavy atom. The smallest absolute Gasteiger partial charge is 0.227 e. The fraction of sp³-hybridized carbons (Fsp3) is 0.333. The monoisotopic (exact) mass is 427 g/mol. The molecule has 1 heterocycles. The summed E-state index contributed by atoms with van der Waals surface area (Å²) >= 11 is 0. The summed E-state index contributed by atoms with van der Waals surface area (Å²) in [6.07, 6.45) is 0. The van der Waals surface area contributed by atoms with Crippen LogP contribution in [-0.2, 0) is 23.4 Å². The predicted molar refractivity (Wildman–Crippen MR) is 115 cm³/mol. The van der Waals surface area contributed by atoms with Crippen molar-refractivity contribution in [3.05, 3.63) is 82.7 Å². The number of aliphatic hydroxyl groups excluding tert-OH is 1. The normalized spacial score (nSPS) is 12.6. The van der Waals surface area contributed by atoms with Crippen molar-refractivity contribution in [2.45, 2.75) is 52.2 Å². The third-order valence-corrected chi connectivity index (χ3v) is 5.19. The van der Waals surface area contributed by atoms with E-state index in [0.29, 0.717) is 16.9 Å². The highest BCUT2D eigenvalue weighted by atomic mass is 19.1. The summed E-state index contributed by atoms with van der Waals surface area (Å²) < 4.78 is 29.4. The van der Waals surface area contributed by atoms with Crippen LogP contribution in [-0.4, -0.2) is 20.8 Å². The highest BCUT2D eigenvalue weighted by molar-refractivity contribution is 5.83. The van der Waals surface area contributed by atoms with Crippen LogP contribution < -0.4 is 5.32 Å². The van der Waals surface area contributed by atoms with Crippen LogP contribution in [0.3, 0.4) is 0 Å². The summed E-state index contributed by atoms with van der Waals surface area (Å²) in [5.74, 6) is -1.78. The number of carbonyl (C=O) groups excluding carboxylic acids is 1. The highest BCUT2D eigenvalue weighted by Crippen LogP contribution is 2.24. The summed E-state index contributed by atoms with van der Waals surface area (Å²) in [4.78, 5) is 12.7. The second-order valence-electron chi connectivity index (χ2n) is 8.61. The molecule has 1 unspecified atom stereocenters. The molecule has 1 atom stereocenters. The molecule has 31 heavy (non-hydrogen) atoms. The summed E-state index contributed by atoms with van der Waals surface area (Å²) in [7, 11) is 0. The van der Waals surface area contributed by atoms with E-state index in [0.717, 1.165) is 5.69 Å². The molecule has 3 aromatic rings. The Balaban J connectivity index is 1.82. The zero-order valence-electron chi connectivity index (χ0n) is 18.1. The van der Waals surface area contributed by atoms with Crippen molar-refractivity contribution in [1.82, 2.24) is 15.1 Å². The van der Waals surface area contributed by atoms with E-state index in [4.69, 9.17) is 5.11 Å². The quantitative estimate of drug-likeness (QED) is 0.614. The zero-order chi connectivity index (χ0) is 22.8. The largest absolute Gasteiger partial charge is 0.392 e. The van der Waals surface area contributed by atoms with Crippen molar-refractivity contribution in [1.29, 1.82) is 0 Å². The van der Waals surface area contributed by atoms with E-state index < -0.39 is 18.3 Å². The second-order valence-corrected chi connectivity index (χ2v) is 8.61. The Hall–Kier alpha value is -3.06. The molecule has 1 aromatic heterocycles. The molecule has 0 aliphatic rings. The van der Waals surface area contributed by atoms with Crippen LogP contribution in [0.25, 0.3) is 5.69 Å². The van der Waals surface area contributed by atoms with Gasteiger partial charge in [-0.15, -0.1) is 0 Å². The molecule has 0 saturated carbocycles. The Morgan fingerprint density at radius 3 is 2.52 bits per heavy atom. The predicted octanol–water partition coefficient (Wildman–Crippen LogP) is 4.36. The topological polar surface area (TPSA) is 67.2 Å². The molecule has 3 rings (SSSR count). The van der Waals surface area contributed by atoms with Gasteiger partial charge in [-0.25, -0.2) is 13.5 Å². The number of aliphatic hydroxyl groups is 1. The lowest BCUT2D eigenvalue weighted by Gasteiger charge is -2.14. The third kappa shape index (κ3) is 5.17. The lowest BCUT2D eigenvalue weighted by molar-refractivity contribution is -0.122. The number of halogens is 2. The maximum atomic E-state index is 14.0. The molecule has 1 amide bonds. The number of amides is 1. The van der Waals surface area contributed by atoms with Crippen molar-refractivity contribution in [2.75, 3.05) is 0 Å². The summed E-state index contributed by atoms with van der Waals surface area (Å²) in [6, 6.07) is 12.4. The third-order valence-electron chi connectivity index (χ3n) is 5.19. The molecule has 0 aliphatic heterocycles. The minimum atomic E-state index is -0.588. The SMILES string of the molecule is CC(C(=O)NCc1cc(C(C)(C)C)nn1-c1cccc(F)c1)c1ccc(CO)c(F)c1. The molecule has 0 radical (unpaired) electrons. The number of hydrogen-bond acceptors (Lipinski definition) is 3. The number of benzene rings is 2. The maximum Gasteiger partial charge on any atom is 0.227 e. The van der Waals surface area contributed by atoms with Crippen LogP contribution in [0.1, 0.15) is 56.1 Å². The van der Waals surface area contributed by atoms with E-state index in [9.17, 15) is 13.6 Å². The number of aromatic nitrogens is 2. The van der Waals surface area contributed by atoms with Gasteiger partial charge in [-0.2, -0.15) is 5.10 Å². The minimum Gasteiger partial charge on any atom is -0.392 e. The molecule has 2 N–H and O–H groups in total. The molecular weight excluding hydrogens is 400 g/mol. The van der Waals surface area contributed by atoms with Crippen molar-refractivity contribution < 1.29 is 18.7 Å². The first-order chi connectivity index (χ1) is 14.6. The zero-order valence-corrected chi connectivity index (χ0v) is 18.1. The van der Waals surface area contributed by atoms with Crippen LogP contribution in [0.4, 0.5) is 8.78 Å². The average Bonchev–Trinajstić information content (AvgIpc) is 3.16. The number of nitrogens with one attached hydrogen (secondary N) is 1. The molecule has 7 heteroatoms. The number of carbonyl (C=O) groups is 1. The standard InChI is InChI=1S/C24H27F2N3O2/c1-15(16-8-9-17(14-30)21(26)10-16)23(31)27-13-20-12-22(24(2,3)4)28-29(20)19-7-5-6-18(25)11-19/h5-12,15,30H,13-14H2,1-4H3,(H,27,31). The van der Waals surface area contributed by atoms with E-state index in [1.807, 2.05) is 26.8 Å². The molecule has 2 aromatic carbocycles. The Kier molecular flexibility index (Phi) is 6.55. The maximum absolute atomic E-state index is 14.0. The lowest BCUT2D eigenvalue weighted by Crippen LogP contribution is -2.28. The molecule has 164 valence electrons. The Labute approximate surface area is 180 Å². The molecular formula is C24H27F2N3O2. The fourth-order valence-corrected chi connectivity index (χ4v) is 3.19. The first kappa shape index (κ1) is 22.6. The van der Waals surface area contributed by atoms with Gasteiger partial charge in [0.15, 0.2) is 0 Å². The van der Waals surface area contributed by atoms with Gasteiger partial charge in [0.2, 0.25) is 5.91 Å². The first-order valence-electron chi connectivity index (χ1n) is 10.1. The summed E-state index contributed by atoms with van der Waals surface area (Å²) in [6.45, 7) is 7.56. The van der Waals surface area contributed by atoms with E-state index in [-0.39, 0.29) is 29.2 Å². The second kappa shape index (κ2) is 8.98. The van der Waals surface area contributed by atoms with E-state index >= 15 is 0 Å². The highest BCUT2D eigenvalue weighted by Gasteiger charge is 2.22. The molecule has 0 spiro atoms.